The van der Waals surface area contributed by atoms with E-state index in [2.05, 4.69) is 17.1 Å². The fourth-order valence-corrected chi connectivity index (χ4v) is 5.34. The molecule has 214 valence electrons. The number of aliphatic hydroxyl groups excluding tert-OH is 1. The highest BCUT2D eigenvalue weighted by Gasteiger charge is 2.30. The Kier molecular flexibility index (Phi) is 11.3. The van der Waals surface area contributed by atoms with Crippen LogP contribution in [0.3, 0.4) is 0 Å². The maximum atomic E-state index is 12.9. The summed E-state index contributed by atoms with van der Waals surface area (Å²) in [7, 11) is 0. The van der Waals surface area contributed by atoms with Gasteiger partial charge in [-0.05, 0) is 81.3 Å². The molecular formula is C31H45N3O5. The number of benzene rings is 2. The largest absolute Gasteiger partial charge is 0.507 e. The lowest BCUT2D eigenvalue weighted by molar-refractivity contribution is -0.0723. The van der Waals surface area contributed by atoms with Crippen LogP contribution in [0.5, 0.6) is 17.2 Å². The summed E-state index contributed by atoms with van der Waals surface area (Å²) in [6, 6.07) is 12.9. The van der Waals surface area contributed by atoms with Crippen LogP contribution in [0.25, 0.3) is 0 Å². The van der Waals surface area contributed by atoms with Gasteiger partial charge in [0, 0.05) is 32.7 Å². The smallest absolute Gasteiger partial charge is 0.257 e. The highest BCUT2D eigenvalue weighted by atomic mass is 16.5. The van der Waals surface area contributed by atoms with E-state index in [4.69, 9.17) is 9.47 Å². The number of aliphatic hydroxyl groups is 1. The molecule has 2 aromatic carbocycles. The zero-order chi connectivity index (χ0) is 27.5. The Morgan fingerprint density at radius 1 is 0.974 bits per heavy atom. The number of ether oxygens (including phenoxy) is 2. The van der Waals surface area contributed by atoms with Crippen LogP contribution < -0.4 is 14.8 Å². The number of likely N-dealkylation sites (tertiary alicyclic amines) is 2. The van der Waals surface area contributed by atoms with Gasteiger partial charge in [0.15, 0.2) is 17.7 Å². The van der Waals surface area contributed by atoms with Gasteiger partial charge in [-0.3, -0.25) is 9.69 Å². The summed E-state index contributed by atoms with van der Waals surface area (Å²) in [6.07, 6.45) is 6.92. The van der Waals surface area contributed by atoms with E-state index in [0.717, 1.165) is 70.3 Å². The number of carbonyl (C=O) groups is 1. The van der Waals surface area contributed by atoms with E-state index in [1.807, 2.05) is 35.2 Å². The van der Waals surface area contributed by atoms with E-state index >= 15 is 0 Å². The van der Waals surface area contributed by atoms with Gasteiger partial charge in [0.1, 0.15) is 11.9 Å². The summed E-state index contributed by atoms with van der Waals surface area (Å²) < 4.78 is 12.3. The van der Waals surface area contributed by atoms with Crippen molar-refractivity contribution in [3.63, 3.8) is 0 Å². The van der Waals surface area contributed by atoms with Crippen molar-refractivity contribution in [3.05, 3.63) is 53.6 Å². The molecule has 0 spiro atoms. The lowest BCUT2D eigenvalue weighted by Gasteiger charge is -2.37. The highest BCUT2D eigenvalue weighted by Crippen LogP contribution is 2.29. The van der Waals surface area contributed by atoms with Gasteiger partial charge in [0.2, 0.25) is 0 Å². The van der Waals surface area contributed by atoms with Gasteiger partial charge < -0.3 is 29.9 Å². The van der Waals surface area contributed by atoms with Crippen LogP contribution in [0, 0.1) is 0 Å². The number of nitrogens with one attached hydrogen (secondary N) is 1. The molecule has 2 aliphatic heterocycles. The fourth-order valence-electron chi connectivity index (χ4n) is 5.34. The van der Waals surface area contributed by atoms with Gasteiger partial charge in [-0.25, -0.2) is 0 Å². The van der Waals surface area contributed by atoms with E-state index in [9.17, 15) is 15.0 Å². The van der Waals surface area contributed by atoms with Crippen molar-refractivity contribution < 1.29 is 24.5 Å². The number of piperidine rings is 2. The first-order valence-corrected chi connectivity index (χ1v) is 14.7. The van der Waals surface area contributed by atoms with Crippen LogP contribution >= 0.6 is 0 Å². The molecule has 2 saturated heterocycles. The van der Waals surface area contributed by atoms with Crippen molar-refractivity contribution in [1.29, 1.82) is 0 Å². The number of rotatable bonds is 13. The number of carbonyl (C=O) groups excluding carboxylic acids is 1. The molecule has 2 heterocycles. The molecule has 2 aromatic rings. The first kappa shape index (κ1) is 29.2. The predicted molar refractivity (Wildman–Crippen MR) is 153 cm³/mol. The zero-order valence-electron chi connectivity index (χ0n) is 23.3. The number of phenols is 1. The lowest BCUT2D eigenvalue weighted by atomic mass is 10.0. The van der Waals surface area contributed by atoms with E-state index in [1.165, 1.54) is 6.42 Å². The number of amides is 1. The minimum Gasteiger partial charge on any atom is -0.507 e. The quantitative estimate of drug-likeness (QED) is 0.329. The molecule has 0 aliphatic carbocycles. The Morgan fingerprint density at radius 2 is 1.67 bits per heavy atom. The predicted octanol–water partition coefficient (Wildman–Crippen LogP) is 4.19. The van der Waals surface area contributed by atoms with Crippen molar-refractivity contribution in [1.82, 2.24) is 15.1 Å². The molecule has 4 rings (SSSR count). The maximum absolute atomic E-state index is 12.9. The topological polar surface area (TPSA) is 94.5 Å². The van der Waals surface area contributed by atoms with Crippen LogP contribution in [0.15, 0.2) is 42.5 Å². The van der Waals surface area contributed by atoms with Crippen molar-refractivity contribution in [2.24, 2.45) is 0 Å². The average molecular weight is 540 g/mol. The minimum atomic E-state index is -0.738. The summed E-state index contributed by atoms with van der Waals surface area (Å²) in [5.41, 5.74) is 1.35. The number of phenolic OH excluding ortho intramolecular Hbond substituents is 1. The Bertz CT molecular complexity index is 1040. The van der Waals surface area contributed by atoms with Crippen LogP contribution in [-0.4, -0.2) is 84.1 Å². The van der Waals surface area contributed by atoms with Crippen molar-refractivity contribution in [2.75, 3.05) is 45.9 Å². The fraction of sp³-hybridized carbons (Fsp3) is 0.581. The lowest BCUT2D eigenvalue weighted by Crippen LogP contribution is -2.52. The molecule has 2 fully saturated rings. The summed E-state index contributed by atoms with van der Waals surface area (Å²) in [5.74, 6) is 1.28. The molecule has 0 saturated carbocycles. The molecule has 1 amide bonds. The van der Waals surface area contributed by atoms with Gasteiger partial charge in [-0.2, -0.15) is 0 Å². The third kappa shape index (κ3) is 8.34. The van der Waals surface area contributed by atoms with Crippen LogP contribution in [-0.2, 0) is 6.42 Å². The molecular weight excluding hydrogens is 494 g/mol. The second kappa shape index (κ2) is 15.1. The first-order chi connectivity index (χ1) is 19.1. The molecule has 8 heteroatoms. The van der Waals surface area contributed by atoms with E-state index < -0.39 is 12.3 Å². The van der Waals surface area contributed by atoms with Crippen molar-refractivity contribution in [2.45, 2.75) is 70.6 Å². The monoisotopic (exact) mass is 539 g/mol. The molecule has 2 aliphatic rings. The summed E-state index contributed by atoms with van der Waals surface area (Å²) >= 11 is 0. The molecule has 2 unspecified atom stereocenters. The van der Waals surface area contributed by atoms with E-state index in [1.54, 1.807) is 12.1 Å². The Balaban J connectivity index is 1.34. The third-order valence-electron chi connectivity index (χ3n) is 7.52. The SMILES string of the molecule is CCCOc1ccccc1OC(C(O)CNCCc1ccc(O)c(C(=O)N2CCCCC2)c1)N1CCCCC1. The standard InChI is InChI=1S/C31H45N3O5/c1-2-21-38-28-11-5-6-12-29(28)39-31(34-19-9-4-10-20-34)27(36)23-32-16-15-24-13-14-26(35)25(22-24)30(37)33-17-7-3-8-18-33/h5-6,11-14,22,27,31-32,35-36H,2-4,7-10,15-21,23H2,1H3. The number of para-hydroxylation sites is 2. The Labute approximate surface area is 232 Å². The number of aromatic hydroxyl groups is 1. The molecule has 39 heavy (non-hydrogen) atoms. The highest BCUT2D eigenvalue weighted by molar-refractivity contribution is 5.97. The molecule has 0 radical (unpaired) electrons. The number of hydrogen-bond acceptors (Lipinski definition) is 7. The van der Waals surface area contributed by atoms with Crippen LogP contribution in [0.4, 0.5) is 0 Å². The van der Waals surface area contributed by atoms with E-state index in [0.29, 0.717) is 43.2 Å². The average Bonchev–Trinajstić information content (AvgIpc) is 2.98. The Morgan fingerprint density at radius 3 is 2.38 bits per heavy atom. The van der Waals surface area contributed by atoms with Gasteiger partial charge in [-0.1, -0.05) is 31.5 Å². The summed E-state index contributed by atoms with van der Waals surface area (Å²) in [5, 5.41) is 24.9. The normalized spacial score (nSPS) is 17.9. The molecule has 0 aromatic heterocycles. The third-order valence-corrected chi connectivity index (χ3v) is 7.52. The van der Waals surface area contributed by atoms with Gasteiger partial charge in [-0.15, -0.1) is 0 Å². The van der Waals surface area contributed by atoms with Crippen molar-refractivity contribution >= 4 is 5.91 Å². The van der Waals surface area contributed by atoms with Gasteiger partial charge in [0.05, 0.1) is 12.2 Å². The number of hydrogen-bond donors (Lipinski definition) is 3. The second-order valence-electron chi connectivity index (χ2n) is 10.6. The van der Waals surface area contributed by atoms with E-state index in [-0.39, 0.29) is 11.7 Å². The Hall–Kier alpha value is -2.81. The minimum absolute atomic E-state index is 0.0300. The molecule has 3 N–H and O–H groups in total. The number of nitrogens with zero attached hydrogens (tertiary/aromatic N) is 2. The molecule has 0 bridgehead atoms. The van der Waals surface area contributed by atoms with Gasteiger partial charge in [0.25, 0.3) is 5.91 Å². The maximum Gasteiger partial charge on any atom is 0.257 e. The molecule has 2 atom stereocenters. The second-order valence-corrected chi connectivity index (χ2v) is 10.6. The van der Waals surface area contributed by atoms with Gasteiger partial charge >= 0.3 is 0 Å². The summed E-state index contributed by atoms with van der Waals surface area (Å²) in [4.78, 5) is 17.0. The zero-order valence-corrected chi connectivity index (χ0v) is 23.3. The first-order valence-electron chi connectivity index (χ1n) is 14.7. The van der Waals surface area contributed by atoms with Crippen LogP contribution in [0.2, 0.25) is 0 Å². The van der Waals surface area contributed by atoms with Crippen LogP contribution in [0.1, 0.15) is 67.8 Å². The molecule has 8 nitrogen and oxygen atoms in total. The van der Waals surface area contributed by atoms with Crippen molar-refractivity contribution in [3.8, 4) is 17.2 Å². The summed E-state index contributed by atoms with van der Waals surface area (Å²) in [6.45, 7) is 6.96.